The van der Waals surface area contributed by atoms with Crippen LogP contribution in [0.25, 0.3) is 0 Å². The normalized spacial score (nSPS) is 12.9. The molecule has 2 unspecified atom stereocenters. The number of methoxy groups -OCH3 is 1. The number of hydrogen-bond acceptors (Lipinski definition) is 8. The Morgan fingerprint density at radius 3 is 2.06 bits per heavy atom. The minimum atomic E-state index is -4.01. The van der Waals surface area contributed by atoms with Crippen molar-refractivity contribution < 1.29 is 31.7 Å². The predicted molar refractivity (Wildman–Crippen MR) is 124 cm³/mol. The summed E-state index contributed by atoms with van der Waals surface area (Å²) in [5, 5.41) is 0. The highest BCUT2D eigenvalue weighted by atomic mass is 32.2. The molecule has 3 aromatic rings. The van der Waals surface area contributed by atoms with Crippen molar-refractivity contribution in [3.63, 3.8) is 0 Å². The molecule has 0 aliphatic carbocycles. The highest BCUT2D eigenvalue weighted by Crippen LogP contribution is 2.27. The molecule has 34 heavy (non-hydrogen) atoms. The van der Waals surface area contributed by atoms with Gasteiger partial charge in [-0.15, -0.1) is 0 Å². The summed E-state index contributed by atoms with van der Waals surface area (Å²) in [6, 6.07) is 21.7. The second-order valence-electron chi connectivity index (χ2n) is 7.43. The van der Waals surface area contributed by atoms with E-state index in [4.69, 9.17) is 19.4 Å². The van der Waals surface area contributed by atoms with Gasteiger partial charge in [0.25, 0.3) is 0 Å². The Balaban J connectivity index is 1.74. The van der Waals surface area contributed by atoms with E-state index in [0.29, 0.717) is 5.56 Å². The van der Waals surface area contributed by atoms with Gasteiger partial charge in [-0.05, 0) is 35.4 Å². The van der Waals surface area contributed by atoms with Crippen LogP contribution in [0, 0.1) is 0 Å². The number of benzene rings is 3. The number of ether oxygens (including phenoxy) is 2. The molecular weight excluding hydrogens is 458 g/mol. The van der Waals surface area contributed by atoms with E-state index in [2.05, 4.69) is 0 Å². The molecule has 0 saturated carbocycles. The largest absolute Gasteiger partial charge is 0.469 e. The van der Waals surface area contributed by atoms with Crippen molar-refractivity contribution in [3.05, 3.63) is 96.1 Å². The molecule has 8 nitrogen and oxygen atoms in total. The first kappa shape index (κ1) is 24.9. The van der Waals surface area contributed by atoms with E-state index < -0.39 is 34.0 Å². The molecule has 0 fully saturated rings. The molecule has 178 valence electrons. The third kappa shape index (κ3) is 6.66. The van der Waals surface area contributed by atoms with Gasteiger partial charge in [0.15, 0.2) is 0 Å². The maximum absolute atomic E-state index is 12.6. The average molecular weight is 484 g/mol. The van der Waals surface area contributed by atoms with E-state index in [1.165, 1.54) is 31.4 Å². The molecule has 0 saturated heterocycles. The lowest BCUT2D eigenvalue weighted by molar-refractivity contribution is -0.148. The molecule has 0 radical (unpaired) electrons. The number of rotatable bonds is 10. The predicted octanol–water partition coefficient (Wildman–Crippen LogP) is 3.17. The van der Waals surface area contributed by atoms with Crippen LogP contribution in [0.2, 0.25) is 0 Å². The highest BCUT2D eigenvalue weighted by Gasteiger charge is 2.30. The fraction of sp³-hybridized carbons (Fsp3) is 0.200. The smallest absolute Gasteiger partial charge is 0.339 e. The average Bonchev–Trinajstić information content (AvgIpc) is 2.86. The van der Waals surface area contributed by atoms with Crippen molar-refractivity contribution in [2.45, 2.75) is 29.9 Å². The lowest BCUT2D eigenvalue weighted by Crippen LogP contribution is -2.39. The summed E-state index contributed by atoms with van der Waals surface area (Å²) in [6.45, 7) is 0.0441. The van der Waals surface area contributed by atoms with Gasteiger partial charge in [0.05, 0.1) is 13.5 Å². The summed E-state index contributed by atoms with van der Waals surface area (Å²) in [4.78, 5) is 24.6. The van der Waals surface area contributed by atoms with E-state index in [0.717, 1.165) is 5.56 Å². The van der Waals surface area contributed by atoms with Crippen LogP contribution in [0.4, 0.5) is 0 Å². The second-order valence-corrected chi connectivity index (χ2v) is 8.97. The first-order chi connectivity index (χ1) is 16.3. The second kappa shape index (κ2) is 11.4. The molecular formula is C25H25NO7S. The molecule has 2 N–H and O–H groups in total. The molecule has 0 aliphatic rings. The lowest BCUT2D eigenvalue weighted by Gasteiger charge is -2.22. The monoisotopic (exact) mass is 483 g/mol. The van der Waals surface area contributed by atoms with Gasteiger partial charge in [0.1, 0.15) is 23.3 Å². The van der Waals surface area contributed by atoms with Crippen LogP contribution in [-0.4, -0.2) is 33.5 Å². The Kier molecular flexibility index (Phi) is 8.39. The van der Waals surface area contributed by atoms with Gasteiger partial charge in [-0.2, -0.15) is 8.42 Å². The zero-order valence-corrected chi connectivity index (χ0v) is 19.3. The summed E-state index contributed by atoms with van der Waals surface area (Å²) in [5.41, 5.74) is 7.49. The van der Waals surface area contributed by atoms with Gasteiger partial charge in [0, 0.05) is 5.92 Å². The van der Waals surface area contributed by atoms with Crippen molar-refractivity contribution in [1.29, 1.82) is 0 Å². The SMILES string of the molecule is COC(=O)CC(c1ccc(OS(=O)(=O)c2ccccc2)cc1)C(N)C(=O)OCc1ccccc1. The maximum atomic E-state index is 12.6. The quantitative estimate of drug-likeness (QED) is 0.345. The van der Waals surface area contributed by atoms with Crippen molar-refractivity contribution in [2.75, 3.05) is 7.11 Å². The van der Waals surface area contributed by atoms with Crippen LogP contribution >= 0.6 is 0 Å². The first-order valence-electron chi connectivity index (χ1n) is 10.4. The number of hydrogen-bond donors (Lipinski definition) is 1. The molecule has 0 heterocycles. The van der Waals surface area contributed by atoms with Crippen LogP contribution in [0.5, 0.6) is 5.75 Å². The number of nitrogens with two attached hydrogens (primary N) is 1. The summed E-state index contributed by atoms with van der Waals surface area (Å²) < 4.78 is 40.1. The van der Waals surface area contributed by atoms with Crippen LogP contribution in [0.1, 0.15) is 23.5 Å². The molecule has 3 aromatic carbocycles. The van der Waals surface area contributed by atoms with Crippen molar-refractivity contribution in [3.8, 4) is 5.75 Å². The fourth-order valence-electron chi connectivity index (χ4n) is 3.24. The maximum Gasteiger partial charge on any atom is 0.339 e. The summed E-state index contributed by atoms with van der Waals surface area (Å²) >= 11 is 0. The van der Waals surface area contributed by atoms with Gasteiger partial charge >= 0.3 is 22.1 Å². The Morgan fingerprint density at radius 2 is 1.47 bits per heavy atom. The molecule has 0 bridgehead atoms. The van der Waals surface area contributed by atoms with E-state index in [1.54, 1.807) is 30.3 Å². The molecule has 0 aliphatic heterocycles. The number of carbonyl (C=O) groups is 2. The van der Waals surface area contributed by atoms with E-state index in [1.807, 2.05) is 30.3 Å². The molecule has 0 spiro atoms. The topological polar surface area (TPSA) is 122 Å². The lowest BCUT2D eigenvalue weighted by atomic mass is 9.89. The Bertz CT molecular complexity index is 1200. The minimum absolute atomic E-state index is 0.0193. The Labute approximate surface area is 198 Å². The van der Waals surface area contributed by atoms with Crippen molar-refractivity contribution >= 4 is 22.1 Å². The van der Waals surface area contributed by atoms with Crippen LogP contribution in [0.3, 0.4) is 0 Å². The van der Waals surface area contributed by atoms with Gasteiger partial charge in [-0.1, -0.05) is 60.7 Å². The molecule has 0 amide bonds. The highest BCUT2D eigenvalue weighted by molar-refractivity contribution is 7.87. The first-order valence-corrected chi connectivity index (χ1v) is 11.8. The Morgan fingerprint density at radius 1 is 0.882 bits per heavy atom. The minimum Gasteiger partial charge on any atom is -0.469 e. The zero-order valence-electron chi connectivity index (χ0n) is 18.5. The summed E-state index contributed by atoms with van der Waals surface area (Å²) in [7, 11) is -2.77. The van der Waals surface area contributed by atoms with Gasteiger partial charge in [-0.25, -0.2) is 0 Å². The van der Waals surface area contributed by atoms with Gasteiger partial charge in [0.2, 0.25) is 0 Å². The van der Waals surface area contributed by atoms with Crippen LogP contribution in [0.15, 0.2) is 89.8 Å². The van der Waals surface area contributed by atoms with Crippen LogP contribution < -0.4 is 9.92 Å². The summed E-state index contributed by atoms with van der Waals surface area (Å²) in [6.07, 6.45) is -0.166. The van der Waals surface area contributed by atoms with Crippen molar-refractivity contribution in [2.24, 2.45) is 5.73 Å². The summed E-state index contributed by atoms with van der Waals surface area (Å²) in [5.74, 6) is -1.91. The third-order valence-corrected chi connectivity index (χ3v) is 6.35. The molecule has 2 atom stereocenters. The van der Waals surface area contributed by atoms with Crippen molar-refractivity contribution in [1.82, 2.24) is 0 Å². The third-order valence-electron chi connectivity index (χ3n) is 5.09. The van der Waals surface area contributed by atoms with E-state index in [-0.39, 0.29) is 23.7 Å². The van der Waals surface area contributed by atoms with E-state index >= 15 is 0 Å². The Hall–Kier alpha value is -3.69. The number of carbonyl (C=O) groups excluding carboxylic acids is 2. The van der Waals surface area contributed by atoms with Gasteiger partial charge < -0.3 is 19.4 Å². The van der Waals surface area contributed by atoms with Crippen LogP contribution in [-0.2, 0) is 35.8 Å². The molecule has 9 heteroatoms. The fourth-order valence-corrected chi connectivity index (χ4v) is 4.19. The molecule has 3 rings (SSSR count). The standard InChI is InChI=1S/C25H25NO7S/c1-31-23(27)16-22(24(26)25(28)32-17-18-8-4-2-5-9-18)19-12-14-20(15-13-19)33-34(29,30)21-10-6-3-7-11-21/h2-15,22,24H,16-17,26H2,1H3. The number of esters is 2. The van der Waals surface area contributed by atoms with E-state index in [9.17, 15) is 18.0 Å². The van der Waals surface area contributed by atoms with Gasteiger partial charge in [-0.3, -0.25) is 9.59 Å². The molecule has 0 aromatic heterocycles. The zero-order chi connectivity index (χ0) is 24.6.